The summed E-state index contributed by atoms with van der Waals surface area (Å²) in [4.78, 5) is 11.3. The van der Waals surface area contributed by atoms with E-state index in [2.05, 4.69) is 0 Å². The number of hydrogen-bond donors (Lipinski definition) is 1. The Morgan fingerprint density at radius 2 is 1.74 bits per heavy atom. The highest BCUT2D eigenvalue weighted by Crippen LogP contribution is 2.27. The molecule has 0 saturated carbocycles. The molecule has 1 amide bonds. The molecular formula is C16H17FN2O3S. The van der Waals surface area contributed by atoms with Gasteiger partial charge in [0.05, 0.1) is 10.6 Å². The second kappa shape index (κ2) is 6.37. The monoisotopic (exact) mass is 336 g/mol. The Morgan fingerprint density at radius 1 is 1.13 bits per heavy atom. The van der Waals surface area contributed by atoms with Gasteiger partial charge in [-0.15, -0.1) is 0 Å². The van der Waals surface area contributed by atoms with Gasteiger partial charge in [-0.05, 0) is 55.3 Å². The van der Waals surface area contributed by atoms with Crippen molar-refractivity contribution in [2.24, 2.45) is 5.73 Å². The standard InChI is InChI=1S/C16H17FN2O3S/c1-11-3-4-12(2)15(9-11)19(10-16(18)20)23(21,22)14-7-5-13(17)6-8-14/h3-9H,10H2,1-2H3,(H2,18,20). The van der Waals surface area contributed by atoms with Gasteiger partial charge in [0.15, 0.2) is 0 Å². The van der Waals surface area contributed by atoms with Gasteiger partial charge in [0, 0.05) is 0 Å². The third kappa shape index (κ3) is 3.68. The predicted molar refractivity (Wildman–Crippen MR) is 86.0 cm³/mol. The van der Waals surface area contributed by atoms with Crippen molar-refractivity contribution in [2.75, 3.05) is 10.8 Å². The average molecular weight is 336 g/mol. The average Bonchev–Trinajstić information content (AvgIpc) is 2.47. The van der Waals surface area contributed by atoms with Crippen molar-refractivity contribution in [3.63, 3.8) is 0 Å². The van der Waals surface area contributed by atoms with Crippen LogP contribution in [0, 0.1) is 19.7 Å². The molecule has 0 heterocycles. The van der Waals surface area contributed by atoms with E-state index in [0.29, 0.717) is 11.3 Å². The van der Waals surface area contributed by atoms with Gasteiger partial charge in [0.25, 0.3) is 10.0 Å². The molecule has 23 heavy (non-hydrogen) atoms. The summed E-state index contributed by atoms with van der Waals surface area (Å²) >= 11 is 0. The van der Waals surface area contributed by atoms with E-state index in [9.17, 15) is 17.6 Å². The minimum atomic E-state index is -4.04. The zero-order chi connectivity index (χ0) is 17.2. The van der Waals surface area contributed by atoms with Crippen molar-refractivity contribution < 1.29 is 17.6 Å². The molecule has 2 rings (SSSR count). The van der Waals surface area contributed by atoms with Crippen LogP contribution in [-0.2, 0) is 14.8 Å². The summed E-state index contributed by atoms with van der Waals surface area (Å²) in [7, 11) is -4.04. The number of sulfonamides is 1. The van der Waals surface area contributed by atoms with Gasteiger partial charge in [0.2, 0.25) is 5.91 Å². The highest BCUT2D eigenvalue weighted by atomic mass is 32.2. The van der Waals surface area contributed by atoms with E-state index in [1.807, 2.05) is 13.0 Å². The van der Waals surface area contributed by atoms with Gasteiger partial charge in [-0.1, -0.05) is 12.1 Å². The highest BCUT2D eigenvalue weighted by Gasteiger charge is 2.27. The Morgan fingerprint density at radius 3 is 2.30 bits per heavy atom. The number of halogens is 1. The van der Waals surface area contributed by atoms with Gasteiger partial charge >= 0.3 is 0 Å². The molecule has 0 aliphatic heterocycles. The number of carbonyl (C=O) groups is 1. The van der Waals surface area contributed by atoms with Crippen molar-refractivity contribution in [3.05, 3.63) is 59.4 Å². The van der Waals surface area contributed by atoms with Crippen molar-refractivity contribution in [3.8, 4) is 0 Å². The minimum Gasteiger partial charge on any atom is -0.368 e. The molecule has 0 saturated heterocycles. The number of rotatable bonds is 5. The molecule has 7 heteroatoms. The van der Waals surface area contributed by atoms with Crippen LogP contribution in [0.15, 0.2) is 47.4 Å². The molecule has 0 aliphatic rings. The summed E-state index contributed by atoms with van der Waals surface area (Å²) in [6, 6.07) is 9.69. The topological polar surface area (TPSA) is 80.5 Å². The fourth-order valence-electron chi connectivity index (χ4n) is 2.16. The zero-order valence-corrected chi connectivity index (χ0v) is 13.6. The van der Waals surface area contributed by atoms with Gasteiger partial charge in [-0.3, -0.25) is 9.10 Å². The number of benzene rings is 2. The van der Waals surface area contributed by atoms with Crippen LogP contribution < -0.4 is 10.0 Å². The summed E-state index contributed by atoms with van der Waals surface area (Å²) in [5.41, 5.74) is 7.11. The second-order valence-electron chi connectivity index (χ2n) is 5.22. The van der Waals surface area contributed by atoms with E-state index in [4.69, 9.17) is 5.73 Å². The second-order valence-corrected chi connectivity index (χ2v) is 7.08. The Hall–Kier alpha value is -2.41. The number of amides is 1. The number of nitrogens with two attached hydrogens (primary N) is 1. The first-order valence-corrected chi connectivity index (χ1v) is 8.29. The summed E-state index contributed by atoms with van der Waals surface area (Å²) in [6.07, 6.45) is 0. The van der Waals surface area contributed by atoms with E-state index in [1.54, 1.807) is 19.1 Å². The molecule has 0 fully saturated rings. The molecule has 0 spiro atoms. The highest BCUT2D eigenvalue weighted by molar-refractivity contribution is 7.92. The Balaban J connectivity index is 2.60. The van der Waals surface area contributed by atoms with E-state index >= 15 is 0 Å². The van der Waals surface area contributed by atoms with Crippen LogP contribution in [0.2, 0.25) is 0 Å². The molecule has 5 nitrogen and oxygen atoms in total. The lowest BCUT2D eigenvalue weighted by Crippen LogP contribution is -2.39. The van der Waals surface area contributed by atoms with Crippen LogP contribution in [0.25, 0.3) is 0 Å². The van der Waals surface area contributed by atoms with E-state index in [1.165, 1.54) is 0 Å². The molecule has 0 radical (unpaired) electrons. The first kappa shape index (κ1) is 17.0. The van der Waals surface area contributed by atoms with Crippen molar-refractivity contribution in [2.45, 2.75) is 18.7 Å². The number of carbonyl (C=O) groups excluding carboxylic acids is 1. The minimum absolute atomic E-state index is 0.110. The molecule has 2 aromatic rings. The maximum atomic E-state index is 13.0. The van der Waals surface area contributed by atoms with Crippen LogP contribution in [0.1, 0.15) is 11.1 Å². The van der Waals surface area contributed by atoms with Gasteiger partial charge in [-0.25, -0.2) is 12.8 Å². The fraction of sp³-hybridized carbons (Fsp3) is 0.188. The zero-order valence-electron chi connectivity index (χ0n) is 12.8. The predicted octanol–water partition coefficient (Wildman–Crippen LogP) is 2.12. The maximum Gasteiger partial charge on any atom is 0.264 e. The summed E-state index contributed by atoms with van der Waals surface area (Å²) in [5, 5.41) is 0. The lowest BCUT2D eigenvalue weighted by Gasteiger charge is -2.25. The molecule has 2 aromatic carbocycles. The number of aryl methyl sites for hydroxylation is 2. The molecule has 0 atom stereocenters. The van der Waals surface area contributed by atoms with Crippen molar-refractivity contribution in [1.82, 2.24) is 0 Å². The molecular weight excluding hydrogens is 319 g/mol. The number of hydrogen-bond acceptors (Lipinski definition) is 3. The Bertz CT molecular complexity index is 833. The fourth-order valence-corrected chi connectivity index (χ4v) is 3.65. The molecule has 0 aromatic heterocycles. The van der Waals surface area contributed by atoms with E-state index in [0.717, 1.165) is 34.1 Å². The Labute approximate surface area is 134 Å². The third-order valence-corrected chi connectivity index (χ3v) is 5.11. The van der Waals surface area contributed by atoms with Gasteiger partial charge in [0.1, 0.15) is 12.4 Å². The van der Waals surface area contributed by atoms with Crippen LogP contribution >= 0.6 is 0 Å². The van der Waals surface area contributed by atoms with Crippen molar-refractivity contribution in [1.29, 1.82) is 0 Å². The first-order valence-electron chi connectivity index (χ1n) is 6.85. The molecule has 0 aliphatic carbocycles. The lowest BCUT2D eigenvalue weighted by atomic mass is 10.1. The normalized spacial score (nSPS) is 11.3. The van der Waals surface area contributed by atoms with E-state index < -0.39 is 28.3 Å². The van der Waals surface area contributed by atoms with E-state index in [-0.39, 0.29) is 4.90 Å². The quantitative estimate of drug-likeness (QED) is 0.908. The SMILES string of the molecule is Cc1ccc(C)c(N(CC(N)=O)S(=O)(=O)c2ccc(F)cc2)c1. The van der Waals surface area contributed by atoms with Crippen LogP contribution in [0.3, 0.4) is 0 Å². The number of primary amides is 1. The van der Waals surface area contributed by atoms with Crippen LogP contribution in [0.5, 0.6) is 0 Å². The summed E-state index contributed by atoms with van der Waals surface area (Å²) < 4.78 is 39.7. The number of anilines is 1. The lowest BCUT2D eigenvalue weighted by molar-refractivity contribution is -0.116. The summed E-state index contributed by atoms with van der Waals surface area (Å²) in [5.74, 6) is -1.33. The first-order chi connectivity index (χ1) is 10.7. The molecule has 122 valence electrons. The smallest absolute Gasteiger partial charge is 0.264 e. The maximum absolute atomic E-state index is 13.0. The Kier molecular flexibility index (Phi) is 4.70. The molecule has 0 bridgehead atoms. The van der Waals surface area contributed by atoms with Crippen molar-refractivity contribution >= 4 is 21.6 Å². The largest absolute Gasteiger partial charge is 0.368 e. The molecule has 2 N–H and O–H groups in total. The molecule has 0 unspecified atom stereocenters. The van der Waals surface area contributed by atoms with Gasteiger partial charge < -0.3 is 5.73 Å². The summed E-state index contributed by atoms with van der Waals surface area (Å²) in [6.45, 7) is 3.06. The number of nitrogens with zero attached hydrogens (tertiary/aromatic N) is 1. The van der Waals surface area contributed by atoms with Crippen LogP contribution in [0.4, 0.5) is 10.1 Å². The third-order valence-electron chi connectivity index (χ3n) is 3.33. The van der Waals surface area contributed by atoms with Crippen LogP contribution in [-0.4, -0.2) is 20.9 Å². The van der Waals surface area contributed by atoms with Gasteiger partial charge in [-0.2, -0.15) is 0 Å².